The van der Waals surface area contributed by atoms with Crippen LogP contribution in [0.4, 0.5) is 4.39 Å². The van der Waals surface area contributed by atoms with Crippen LogP contribution in [0.25, 0.3) is 0 Å². The Morgan fingerprint density at radius 3 is 2.58 bits per heavy atom. The number of hydrogen-bond donors (Lipinski definition) is 1. The smallest absolute Gasteiger partial charge is 0.127 e. The van der Waals surface area contributed by atoms with Gasteiger partial charge < -0.3 is 10.5 Å². The number of ether oxygens (including phenoxy) is 1. The molecule has 19 heavy (non-hydrogen) atoms. The standard InChI is InChI=1S/C16H24FNO/c1-3-12-4-7-14(8-5-12)19-16-10-13(17)6-9-15(16)11(2)18/h6,9-12,14H,3-5,7-8,18H2,1-2H3/t11-,12?,14?/m0/s1. The summed E-state index contributed by atoms with van der Waals surface area (Å²) >= 11 is 0. The van der Waals surface area contributed by atoms with Crippen LogP contribution in [0.5, 0.6) is 5.75 Å². The van der Waals surface area contributed by atoms with E-state index in [1.807, 2.05) is 6.92 Å². The van der Waals surface area contributed by atoms with Gasteiger partial charge in [0.1, 0.15) is 11.6 Å². The lowest BCUT2D eigenvalue weighted by Gasteiger charge is -2.29. The highest BCUT2D eigenvalue weighted by Gasteiger charge is 2.22. The van der Waals surface area contributed by atoms with Crippen molar-refractivity contribution < 1.29 is 9.13 Å². The molecule has 1 aliphatic carbocycles. The van der Waals surface area contributed by atoms with Crippen molar-refractivity contribution in [3.63, 3.8) is 0 Å². The molecule has 1 aromatic rings. The van der Waals surface area contributed by atoms with Gasteiger partial charge in [-0.3, -0.25) is 0 Å². The summed E-state index contributed by atoms with van der Waals surface area (Å²) in [4.78, 5) is 0. The molecule has 1 saturated carbocycles. The third kappa shape index (κ3) is 3.69. The Labute approximate surface area is 115 Å². The molecule has 1 atom stereocenters. The fraction of sp³-hybridized carbons (Fsp3) is 0.625. The van der Waals surface area contributed by atoms with Crippen LogP contribution in [0.2, 0.25) is 0 Å². The molecule has 1 aliphatic rings. The minimum atomic E-state index is -0.262. The molecule has 0 aromatic heterocycles. The molecule has 2 N–H and O–H groups in total. The summed E-state index contributed by atoms with van der Waals surface area (Å²) in [6, 6.07) is 4.50. The molecule has 3 heteroatoms. The maximum atomic E-state index is 13.4. The number of benzene rings is 1. The third-order valence-corrected chi connectivity index (χ3v) is 4.13. The highest BCUT2D eigenvalue weighted by Crippen LogP contribution is 2.32. The summed E-state index contributed by atoms with van der Waals surface area (Å²) in [7, 11) is 0. The van der Waals surface area contributed by atoms with E-state index in [2.05, 4.69) is 6.92 Å². The molecule has 0 unspecified atom stereocenters. The van der Waals surface area contributed by atoms with Gasteiger partial charge in [0.25, 0.3) is 0 Å². The molecule has 0 bridgehead atoms. The van der Waals surface area contributed by atoms with Gasteiger partial charge in [0.2, 0.25) is 0 Å². The van der Waals surface area contributed by atoms with Crippen molar-refractivity contribution in [2.75, 3.05) is 0 Å². The summed E-state index contributed by atoms with van der Waals surface area (Å²) in [6.45, 7) is 4.14. The van der Waals surface area contributed by atoms with Crippen LogP contribution < -0.4 is 10.5 Å². The maximum Gasteiger partial charge on any atom is 0.127 e. The molecule has 0 amide bonds. The van der Waals surface area contributed by atoms with Gasteiger partial charge in [0.05, 0.1) is 6.10 Å². The Balaban J connectivity index is 2.04. The fourth-order valence-electron chi connectivity index (χ4n) is 2.82. The Bertz CT molecular complexity index is 411. The molecular formula is C16H24FNO. The van der Waals surface area contributed by atoms with Gasteiger partial charge in [-0.15, -0.1) is 0 Å². The Kier molecular flexibility index (Phi) is 4.81. The molecule has 106 valence electrons. The first-order valence-electron chi connectivity index (χ1n) is 7.31. The van der Waals surface area contributed by atoms with Crippen LogP contribution in [0, 0.1) is 11.7 Å². The summed E-state index contributed by atoms with van der Waals surface area (Å²) in [5.41, 5.74) is 6.80. The van der Waals surface area contributed by atoms with Crippen molar-refractivity contribution in [2.24, 2.45) is 11.7 Å². The molecule has 2 rings (SSSR count). The maximum absolute atomic E-state index is 13.4. The van der Waals surface area contributed by atoms with Gasteiger partial charge in [-0.05, 0) is 44.6 Å². The van der Waals surface area contributed by atoms with E-state index in [1.165, 1.54) is 31.4 Å². The Morgan fingerprint density at radius 1 is 1.32 bits per heavy atom. The number of hydrogen-bond acceptors (Lipinski definition) is 2. The van der Waals surface area contributed by atoms with Gasteiger partial charge in [-0.25, -0.2) is 4.39 Å². The van der Waals surface area contributed by atoms with Crippen LogP contribution in [0.3, 0.4) is 0 Å². The molecule has 0 heterocycles. The Hall–Kier alpha value is -1.09. The first kappa shape index (κ1) is 14.3. The minimum Gasteiger partial charge on any atom is -0.490 e. The van der Waals surface area contributed by atoms with Gasteiger partial charge in [-0.2, -0.15) is 0 Å². The molecular weight excluding hydrogens is 241 g/mol. The van der Waals surface area contributed by atoms with Crippen LogP contribution in [0.1, 0.15) is 57.6 Å². The first-order chi connectivity index (χ1) is 9.10. The lowest BCUT2D eigenvalue weighted by Crippen LogP contribution is -2.24. The van der Waals surface area contributed by atoms with E-state index in [0.717, 1.165) is 24.3 Å². The predicted octanol–water partition coefficient (Wildman–Crippen LogP) is 4.19. The summed E-state index contributed by atoms with van der Waals surface area (Å²) in [5, 5.41) is 0. The second kappa shape index (κ2) is 6.38. The third-order valence-electron chi connectivity index (χ3n) is 4.13. The average molecular weight is 265 g/mol. The van der Waals surface area contributed by atoms with E-state index >= 15 is 0 Å². The van der Waals surface area contributed by atoms with Gasteiger partial charge >= 0.3 is 0 Å². The van der Waals surface area contributed by atoms with E-state index in [0.29, 0.717) is 5.75 Å². The Morgan fingerprint density at radius 2 is 2.00 bits per heavy atom. The lowest BCUT2D eigenvalue weighted by atomic mass is 9.86. The van der Waals surface area contributed by atoms with E-state index in [9.17, 15) is 4.39 Å². The van der Waals surface area contributed by atoms with Gasteiger partial charge in [-0.1, -0.05) is 19.4 Å². The van der Waals surface area contributed by atoms with E-state index in [-0.39, 0.29) is 18.0 Å². The van der Waals surface area contributed by atoms with Crippen molar-refractivity contribution >= 4 is 0 Å². The summed E-state index contributed by atoms with van der Waals surface area (Å²) < 4.78 is 19.4. The van der Waals surface area contributed by atoms with E-state index < -0.39 is 0 Å². The summed E-state index contributed by atoms with van der Waals surface area (Å²) in [5.74, 6) is 1.19. The molecule has 1 fully saturated rings. The SMILES string of the molecule is CCC1CCC(Oc2cc(F)ccc2[C@H](C)N)CC1. The van der Waals surface area contributed by atoms with Crippen molar-refractivity contribution in [2.45, 2.75) is 58.1 Å². The van der Waals surface area contributed by atoms with Crippen molar-refractivity contribution in [3.8, 4) is 5.75 Å². The largest absolute Gasteiger partial charge is 0.490 e. The zero-order valence-electron chi connectivity index (χ0n) is 11.9. The molecule has 1 aromatic carbocycles. The zero-order valence-corrected chi connectivity index (χ0v) is 11.9. The first-order valence-corrected chi connectivity index (χ1v) is 7.31. The van der Waals surface area contributed by atoms with Crippen LogP contribution in [-0.2, 0) is 0 Å². The second-order valence-electron chi connectivity index (χ2n) is 5.64. The molecule has 2 nitrogen and oxygen atoms in total. The number of nitrogens with two attached hydrogens (primary N) is 1. The zero-order chi connectivity index (χ0) is 13.8. The quantitative estimate of drug-likeness (QED) is 0.885. The molecule has 0 aliphatic heterocycles. The number of rotatable bonds is 4. The van der Waals surface area contributed by atoms with Crippen LogP contribution >= 0.6 is 0 Å². The van der Waals surface area contributed by atoms with Crippen molar-refractivity contribution in [1.82, 2.24) is 0 Å². The van der Waals surface area contributed by atoms with E-state index in [1.54, 1.807) is 6.07 Å². The van der Waals surface area contributed by atoms with Crippen LogP contribution in [0.15, 0.2) is 18.2 Å². The second-order valence-corrected chi connectivity index (χ2v) is 5.64. The van der Waals surface area contributed by atoms with Crippen LogP contribution in [-0.4, -0.2) is 6.10 Å². The minimum absolute atomic E-state index is 0.136. The highest BCUT2D eigenvalue weighted by molar-refractivity contribution is 5.36. The van der Waals surface area contributed by atoms with E-state index in [4.69, 9.17) is 10.5 Å². The molecule has 0 saturated heterocycles. The monoisotopic (exact) mass is 265 g/mol. The topological polar surface area (TPSA) is 35.2 Å². The van der Waals surface area contributed by atoms with Crippen molar-refractivity contribution in [1.29, 1.82) is 0 Å². The van der Waals surface area contributed by atoms with Gasteiger partial charge in [0.15, 0.2) is 0 Å². The lowest BCUT2D eigenvalue weighted by molar-refractivity contribution is 0.128. The predicted molar refractivity (Wildman–Crippen MR) is 75.7 cm³/mol. The molecule has 0 spiro atoms. The highest BCUT2D eigenvalue weighted by atomic mass is 19.1. The average Bonchev–Trinajstić information content (AvgIpc) is 2.39. The number of halogens is 1. The fourth-order valence-corrected chi connectivity index (χ4v) is 2.82. The van der Waals surface area contributed by atoms with Crippen molar-refractivity contribution in [3.05, 3.63) is 29.6 Å². The normalized spacial score (nSPS) is 25.1. The van der Waals surface area contributed by atoms with Gasteiger partial charge in [0, 0.05) is 17.7 Å². The summed E-state index contributed by atoms with van der Waals surface area (Å²) in [6.07, 6.45) is 6.01. The molecule has 0 radical (unpaired) electrons.